The van der Waals surface area contributed by atoms with E-state index >= 15 is 0 Å². The Hall–Kier alpha value is -0.540. The van der Waals surface area contributed by atoms with Crippen molar-refractivity contribution in [1.29, 1.82) is 0 Å². The van der Waals surface area contributed by atoms with Crippen molar-refractivity contribution in [3.05, 3.63) is 29.3 Å². The first-order chi connectivity index (χ1) is 6.13. The van der Waals surface area contributed by atoms with Gasteiger partial charge in [0, 0.05) is 11.8 Å². The highest BCUT2D eigenvalue weighted by molar-refractivity contribution is 9.09. The number of rotatable bonds is 3. The molecule has 13 heavy (non-hydrogen) atoms. The summed E-state index contributed by atoms with van der Waals surface area (Å²) >= 11 is 3.18. The van der Waals surface area contributed by atoms with Crippen LogP contribution >= 0.6 is 15.9 Å². The molecule has 0 bridgehead atoms. The number of aromatic hydroxyl groups is 1. The van der Waals surface area contributed by atoms with Crippen LogP contribution in [-0.2, 0) is 6.42 Å². The van der Waals surface area contributed by atoms with Crippen molar-refractivity contribution in [3.8, 4) is 5.75 Å². The van der Waals surface area contributed by atoms with Gasteiger partial charge in [0.25, 0.3) is 0 Å². The van der Waals surface area contributed by atoms with E-state index in [1.807, 2.05) is 19.1 Å². The Balaban J connectivity index is 2.81. The monoisotopic (exact) mass is 244 g/mol. The normalized spacial score (nSPS) is 12.8. The summed E-state index contributed by atoms with van der Waals surface area (Å²) in [4.78, 5) is 0. The van der Waals surface area contributed by atoms with Crippen LogP contribution in [0, 0.1) is 6.92 Å². The number of phenolic OH excluding ortho intramolecular Hbond substituents is 1. The third-order valence-electron chi connectivity index (χ3n) is 1.87. The van der Waals surface area contributed by atoms with E-state index in [0.717, 1.165) is 11.1 Å². The molecule has 2 nitrogen and oxygen atoms in total. The lowest BCUT2D eigenvalue weighted by molar-refractivity contribution is 0.200. The largest absolute Gasteiger partial charge is 0.508 e. The van der Waals surface area contributed by atoms with Crippen LogP contribution in [0.3, 0.4) is 0 Å². The summed E-state index contributed by atoms with van der Waals surface area (Å²) in [5, 5.41) is 19.3. The van der Waals surface area contributed by atoms with Crippen LogP contribution in [0.15, 0.2) is 18.2 Å². The van der Waals surface area contributed by atoms with Gasteiger partial charge in [0.15, 0.2) is 0 Å². The molecule has 3 heteroatoms. The Morgan fingerprint density at radius 1 is 1.46 bits per heavy atom. The Bertz CT molecular complexity index is 286. The number of benzene rings is 1. The molecule has 0 aliphatic heterocycles. The van der Waals surface area contributed by atoms with Crippen molar-refractivity contribution in [2.45, 2.75) is 19.4 Å². The number of aliphatic hydroxyl groups is 1. The Kier molecular flexibility index (Phi) is 3.75. The second kappa shape index (κ2) is 4.63. The third-order valence-corrected chi connectivity index (χ3v) is 2.62. The molecule has 0 radical (unpaired) electrons. The van der Waals surface area contributed by atoms with Gasteiger partial charge in [0.05, 0.1) is 6.10 Å². The first-order valence-electron chi connectivity index (χ1n) is 4.16. The maximum Gasteiger partial charge on any atom is 0.118 e. The number of alkyl halides is 1. The van der Waals surface area contributed by atoms with E-state index in [1.165, 1.54) is 0 Å². The topological polar surface area (TPSA) is 40.5 Å². The molecule has 0 aromatic heterocycles. The highest BCUT2D eigenvalue weighted by Crippen LogP contribution is 2.20. The van der Waals surface area contributed by atoms with Gasteiger partial charge in [-0.2, -0.15) is 0 Å². The molecule has 0 spiro atoms. The zero-order valence-corrected chi connectivity index (χ0v) is 9.08. The van der Waals surface area contributed by atoms with Gasteiger partial charge in [-0.1, -0.05) is 33.6 Å². The quantitative estimate of drug-likeness (QED) is 0.799. The third kappa shape index (κ3) is 3.01. The van der Waals surface area contributed by atoms with E-state index in [1.54, 1.807) is 6.07 Å². The molecule has 0 saturated heterocycles. The van der Waals surface area contributed by atoms with Gasteiger partial charge in [-0.25, -0.2) is 0 Å². The minimum Gasteiger partial charge on any atom is -0.508 e. The van der Waals surface area contributed by atoms with Gasteiger partial charge >= 0.3 is 0 Å². The average molecular weight is 245 g/mol. The Morgan fingerprint density at radius 3 is 2.77 bits per heavy atom. The molecule has 72 valence electrons. The summed E-state index contributed by atoms with van der Waals surface area (Å²) in [7, 11) is 0. The van der Waals surface area contributed by atoms with Gasteiger partial charge in [-0.05, 0) is 18.6 Å². The van der Waals surface area contributed by atoms with Crippen molar-refractivity contribution in [1.82, 2.24) is 0 Å². The molecule has 0 amide bonds. The lowest BCUT2D eigenvalue weighted by Gasteiger charge is -2.09. The highest BCUT2D eigenvalue weighted by Gasteiger charge is 2.07. The average Bonchev–Trinajstić information content (AvgIpc) is 2.11. The van der Waals surface area contributed by atoms with Crippen molar-refractivity contribution in [2.24, 2.45) is 0 Å². The summed E-state index contributed by atoms with van der Waals surface area (Å²) in [6.07, 6.45) is 0.0476. The van der Waals surface area contributed by atoms with E-state index in [9.17, 15) is 10.2 Å². The maximum absolute atomic E-state index is 9.45. The number of hydrogen-bond donors (Lipinski definition) is 2. The van der Waals surface area contributed by atoms with E-state index in [0.29, 0.717) is 11.8 Å². The van der Waals surface area contributed by atoms with E-state index in [2.05, 4.69) is 15.9 Å². The van der Waals surface area contributed by atoms with Crippen LogP contribution in [0.2, 0.25) is 0 Å². The van der Waals surface area contributed by atoms with Crippen molar-refractivity contribution >= 4 is 15.9 Å². The standard InChI is InChI=1S/C10H13BrO2/c1-7-2-3-10(13)8(4-7)5-9(12)6-11/h2-4,9,12-13H,5-6H2,1H3. The van der Waals surface area contributed by atoms with Gasteiger partial charge in [0.1, 0.15) is 5.75 Å². The molecule has 0 aliphatic rings. The highest BCUT2D eigenvalue weighted by atomic mass is 79.9. The van der Waals surface area contributed by atoms with Gasteiger partial charge in [-0.15, -0.1) is 0 Å². The number of halogens is 1. The molecule has 0 aliphatic carbocycles. The Morgan fingerprint density at radius 2 is 2.15 bits per heavy atom. The van der Waals surface area contributed by atoms with Crippen molar-refractivity contribution in [2.75, 3.05) is 5.33 Å². The Labute approximate surface area is 86.3 Å². The SMILES string of the molecule is Cc1ccc(O)c(CC(O)CBr)c1. The second-order valence-electron chi connectivity index (χ2n) is 3.14. The molecular weight excluding hydrogens is 232 g/mol. The molecular formula is C10H13BrO2. The fourth-order valence-corrected chi connectivity index (χ4v) is 1.42. The second-order valence-corrected chi connectivity index (χ2v) is 3.79. The van der Waals surface area contributed by atoms with Crippen LogP contribution in [0.4, 0.5) is 0 Å². The molecule has 1 rings (SSSR count). The van der Waals surface area contributed by atoms with E-state index in [-0.39, 0.29) is 5.75 Å². The molecule has 0 heterocycles. The van der Waals surface area contributed by atoms with Crippen molar-refractivity contribution in [3.63, 3.8) is 0 Å². The molecule has 1 aromatic rings. The maximum atomic E-state index is 9.45. The summed E-state index contributed by atoms with van der Waals surface area (Å²) in [5.74, 6) is 0.255. The summed E-state index contributed by atoms with van der Waals surface area (Å²) < 4.78 is 0. The molecule has 0 fully saturated rings. The van der Waals surface area contributed by atoms with Crippen LogP contribution in [0.25, 0.3) is 0 Å². The minimum absolute atomic E-state index is 0.255. The number of phenols is 1. The van der Waals surface area contributed by atoms with Crippen LogP contribution in [0.5, 0.6) is 5.75 Å². The molecule has 1 aromatic carbocycles. The van der Waals surface area contributed by atoms with Gasteiger partial charge in [0.2, 0.25) is 0 Å². The lowest BCUT2D eigenvalue weighted by atomic mass is 10.1. The van der Waals surface area contributed by atoms with E-state index in [4.69, 9.17) is 0 Å². The predicted octanol–water partition coefficient (Wildman–Crippen LogP) is 2.00. The minimum atomic E-state index is -0.437. The first-order valence-corrected chi connectivity index (χ1v) is 5.28. The number of aryl methyl sites for hydroxylation is 1. The summed E-state index contributed by atoms with van der Waals surface area (Å²) in [5.41, 5.74) is 1.89. The zero-order chi connectivity index (χ0) is 9.84. The lowest BCUT2D eigenvalue weighted by Crippen LogP contribution is -2.11. The molecule has 0 saturated carbocycles. The van der Waals surface area contributed by atoms with Gasteiger partial charge < -0.3 is 10.2 Å². The van der Waals surface area contributed by atoms with Crippen molar-refractivity contribution < 1.29 is 10.2 Å². The fraction of sp³-hybridized carbons (Fsp3) is 0.400. The molecule has 1 unspecified atom stereocenters. The fourth-order valence-electron chi connectivity index (χ4n) is 1.19. The first kappa shape index (κ1) is 10.5. The van der Waals surface area contributed by atoms with Crippen LogP contribution in [0.1, 0.15) is 11.1 Å². The van der Waals surface area contributed by atoms with Crippen LogP contribution < -0.4 is 0 Å². The molecule has 1 atom stereocenters. The number of hydrogen-bond acceptors (Lipinski definition) is 2. The van der Waals surface area contributed by atoms with Gasteiger partial charge in [-0.3, -0.25) is 0 Å². The zero-order valence-electron chi connectivity index (χ0n) is 7.50. The summed E-state index contributed by atoms with van der Waals surface area (Å²) in [6, 6.07) is 5.40. The van der Waals surface area contributed by atoms with Crippen LogP contribution in [-0.4, -0.2) is 21.6 Å². The molecule has 2 N–H and O–H groups in total. The predicted molar refractivity (Wildman–Crippen MR) is 56.3 cm³/mol. The summed E-state index contributed by atoms with van der Waals surface area (Å²) in [6.45, 7) is 1.96. The number of aliphatic hydroxyl groups excluding tert-OH is 1. The smallest absolute Gasteiger partial charge is 0.118 e. The van der Waals surface area contributed by atoms with E-state index < -0.39 is 6.10 Å².